The first-order valence-corrected chi connectivity index (χ1v) is 9.28. The first kappa shape index (κ1) is 18.1. The lowest BCUT2D eigenvalue weighted by Gasteiger charge is -2.39. The molecule has 0 aliphatic carbocycles. The third-order valence-corrected chi connectivity index (χ3v) is 5.09. The molecule has 0 N–H and O–H groups in total. The van der Waals surface area contributed by atoms with Gasteiger partial charge in [0.1, 0.15) is 0 Å². The predicted octanol–water partition coefficient (Wildman–Crippen LogP) is 2.63. The molecule has 0 saturated carbocycles. The van der Waals surface area contributed by atoms with Gasteiger partial charge in [0.05, 0.1) is 6.04 Å². The number of aromatic nitrogens is 3. The van der Waals surface area contributed by atoms with Crippen molar-refractivity contribution in [2.24, 2.45) is 7.05 Å². The van der Waals surface area contributed by atoms with Crippen molar-refractivity contribution in [1.29, 1.82) is 0 Å². The molecule has 0 amide bonds. The standard InChI is InChI=1S/C20H22N6O2/c1-23-20(21-19(22-23)26(27)28)25-14-12-24(13-15-25)18(16-8-4-2-5-9-16)17-10-6-3-7-11-17/h2-11,18H,12-15H2,1H3. The Morgan fingerprint density at radius 1 is 0.929 bits per heavy atom. The molecule has 4 rings (SSSR count). The molecule has 1 fully saturated rings. The average Bonchev–Trinajstić information content (AvgIpc) is 3.12. The van der Waals surface area contributed by atoms with Gasteiger partial charge in [-0.15, -0.1) is 0 Å². The maximum Gasteiger partial charge on any atom is 0.493 e. The quantitative estimate of drug-likeness (QED) is 0.502. The van der Waals surface area contributed by atoms with Crippen LogP contribution >= 0.6 is 0 Å². The van der Waals surface area contributed by atoms with Crippen molar-refractivity contribution in [1.82, 2.24) is 19.7 Å². The number of anilines is 1. The zero-order valence-electron chi connectivity index (χ0n) is 15.7. The Balaban J connectivity index is 1.54. The van der Waals surface area contributed by atoms with E-state index in [4.69, 9.17) is 0 Å². The number of benzene rings is 2. The maximum atomic E-state index is 10.9. The molecule has 0 atom stereocenters. The SMILES string of the molecule is Cn1nc([N+](=O)[O-])nc1N1CCN(C(c2ccccc2)c2ccccc2)CC1. The third kappa shape index (κ3) is 3.59. The molecule has 2 aromatic carbocycles. The van der Waals surface area contributed by atoms with Gasteiger partial charge >= 0.3 is 11.9 Å². The summed E-state index contributed by atoms with van der Waals surface area (Å²) in [6.45, 7) is 3.13. The molecule has 2 heterocycles. The van der Waals surface area contributed by atoms with Crippen LogP contribution in [0.15, 0.2) is 60.7 Å². The predicted molar refractivity (Wildman–Crippen MR) is 106 cm³/mol. The van der Waals surface area contributed by atoms with Gasteiger partial charge in [-0.3, -0.25) is 4.90 Å². The topological polar surface area (TPSA) is 80.3 Å². The second kappa shape index (κ2) is 7.77. The van der Waals surface area contributed by atoms with E-state index in [-0.39, 0.29) is 12.0 Å². The number of hydrogen-bond acceptors (Lipinski definition) is 6. The lowest BCUT2D eigenvalue weighted by atomic mass is 9.96. The van der Waals surface area contributed by atoms with E-state index < -0.39 is 4.92 Å². The van der Waals surface area contributed by atoms with Crippen LogP contribution in [0.4, 0.5) is 11.9 Å². The van der Waals surface area contributed by atoms with Gasteiger partial charge in [0.15, 0.2) is 0 Å². The van der Waals surface area contributed by atoms with Crippen LogP contribution in [-0.4, -0.2) is 50.8 Å². The second-order valence-corrected chi connectivity index (χ2v) is 6.84. The highest BCUT2D eigenvalue weighted by Gasteiger charge is 2.30. The van der Waals surface area contributed by atoms with Crippen LogP contribution < -0.4 is 4.90 Å². The van der Waals surface area contributed by atoms with E-state index in [1.165, 1.54) is 15.8 Å². The molecule has 1 aliphatic rings. The fraction of sp³-hybridized carbons (Fsp3) is 0.300. The molecule has 3 aromatic rings. The molecule has 1 aromatic heterocycles. The Hall–Kier alpha value is -3.26. The summed E-state index contributed by atoms with van der Waals surface area (Å²) in [6.07, 6.45) is 0. The number of rotatable bonds is 5. The van der Waals surface area contributed by atoms with Crippen LogP contribution in [0.3, 0.4) is 0 Å². The van der Waals surface area contributed by atoms with Crippen molar-refractivity contribution in [2.45, 2.75) is 6.04 Å². The summed E-state index contributed by atoms with van der Waals surface area (Å²) in [7, 11) is 1.69. The van der Waals surface area contributed by atoms with Gasteiger partial charge in [-0.2, -0.15) is 4.68 Å². The van der Waals surface area contributed by atoms with E-state index in [1.807, 2.05) is 12.1 Å². The molecule has 0 spiro atoms. The number of nitro groups is 1. The average molecular weight is 378 g/mol. The Bertz CT molecular complexity index is 896. The molecule has 1 saturated heterocycles. The van der Waals surface area contributed by atoms with Crippen molar-refractivity contribution in [2.75, 3.05) is 31.1 Å². The van der Waals surface area contributed by atoms with Gasteiger partial charge in [0.25, 0.3) is 0 Å². The Morgan fingerprint density at radius 3 is 1.93 bits per heavy atom. The highest BCUT2D eigenvalue weighted by atomic mass is 16.6. The summed E-state index contributed by atoms with van der Waals surface area (Å²) < 4.78 is 1.49. The number of aryl methyl sites for hydroxylation is 1. The van der Waals surface area contributed by atoms with E-state index in [0.29, 0.717) is 5.95 Å². The van der Waals surface area contributed by atoms with Gasteiger partial charge < -0.3 is 15.0 Å². The lowest BCUT2D eigenvalue weighted by Crippen LogP contribution is -2.48. The molecule has 0 unspecified atom stereocenters. The summed E-state index contributed by atoms with van der Waals surface area (Å²) >= 11 is 0. The molecule has 8 nitrogen and oxygen atoms in total. The first-order valence-electron chi connectivity index (χ1n) is 9.28. The molecular formula is C20H22N6O2. The summed E-state index contributed by atoms with van der Waals surface area (Å²) in [5.74, 6) is 0.189. The highest BCUT2D eigenvalue weighted by molar-refractivity contribution is 5.36. The van der Waals surface area contributed by atoms with E-state index >= 15 is 0 Å². The van der Waals surface area contributed by atoms with Crippen molar-refractivity contribution in [3.63, 3.8) is 0 Å². The van der Waals surface area contributed by atoms with Crippen molar-refractivity contribution < 1.29 is 4.92 Å². The van der Waals surface area contributed by atoms with E-state index in [9.17, 15) is 10.1 Å². The van der Waals surface area contributed by atoms with Crippen molar-refractivity contribution in [3.8, 4) is 0 Å². The van der Waals surface area contributed by atoms with E-state index in [0.717, 1.165) is 26.2 Å². The molecule has 1 aliphatic heterocycles. The fourth-order valence-corrected chi connectivity index (χ4v) is 3.78. The minimum absolute atomic E-state index is 0.179. The molecular weight excluding hydrogens is 356 g/mol. The maximum absolute atomic E-state index is 10.9. The Labute approximate surface area is 163 Å². The highest BCUT2D eigenvalue weighted by Crippen LogP contribution is 2.30. The van der Waals surface area contributed by atoms with E-state index in [2.05, 4.69) is 68.4 Å². The van der Waals surface area contributed by atoms with Crippen LogP contribution in [0.2, 0.25) is 0 Å². The summed E-state index contributed by atoms with van der Waals surface area (Å²) in [5.41, 5.74) is 2.52. The molecule has 0 radical (unpaired) electrons. The zero-order valence-corrected chi connectivity index (χ0v) is 15.7. The monoisotopic (exact) mass is 378 g/mol. The number of hydrogen-bond donors (Lipinski definition) is 0. The minimum atomic E-state index is -0.555. The van der Waals surface area contributed by atoms with Gasteiger partial charge in [0.2, 0.25) is 0 Å². The number of piperazine rings is 1. The van der Waals surface area contributed by atoms with Crippen LogP contribution in [0.25, 0.3) is 0 Å². The van der Waals surface area contributed by atoms with Crippen LogP contribution in [-0.2, 0) is 7.05 Å². The zero-order chi connectivity index (χ0) is 19.5. The van der Waals surface area contributed by atoms with Crippen molar-refractivity contribution in [3.05, 3.63) is 81.9 Å². The van der Waals surface area contributed by atoms with Gasteiger partial charge in [0, 0.05) is 38.3 Å². The summed E-state index contributed by atoms with van der Waals surface area (Å²) in [6, 6.07) is 21.2. The van der Waals surface area contributed by atoms with Crippen LogP contribution in [0.1, 0.15) is 17.2 Å². The second-order valence-electron chi connectivity index (χ2n) is 6.84. The molecule has 28 heavy (non-hydrogen) atoms. The van der Waals surface area contributed by atoms with Gasteiger partial charge in [-0.05, 0) is 21.0 Å². The Morgan fingerprint density at radius 2 is 1.46 bits per heavy atom. The number of nitrogens with zero attached hydrogens (tertiary/aromatic N) is 6. The fourth-order valence-electron chi connectivity index (χ4n) is 3.78. The van der Waals surface area contributed by atoms with Gasteiger partial charge in [-0.25, -0.2) is 0 Å². The smallest absolute Gasteiger partial charge is 0.390 e. The molecule has 0 bridgehead atoms. The largest absolute Gasteiger partial charge is 0.493 e. The van der Waals surface area contributed by atoms with Crippen molar-refractivity contribution >= 4 is 11.9 Å². The lowest BCUT2D eigenvalue weighted by molar-refractivity contribution is -0.394. The molecule has 144 valence electrons. The minimum Gasteiger partial charge on any atom is -0.390 e. The third-order valence-electron chi connectivity index (χ3n) is 5.09. The van der Waals surface area contributed by atoms with Crippen LogP contribution in [0.5, 0.6) is 0 Å². The van der Waals surface area contributed by atoms with Crippen LogP contribution in [0, 0.1) is 10.1 Å². The van der Waals surface area contributed by atoms with Gasteiger partial charge in [-0.1, -0.05) is 60.7 Å². The summed E-state index contributed by atoms with van der Waals surface area (Å²) in [5, 5.41) is 14.8. The molecule has 8 heteroatoms. The normalized spacial score (nSPS) is 15.1. The summed E-state index contributed by atoms with van der Waals surface area (Å²) in [4.78, 5) is 19.0. The van der Waals surface area contributed by atoms with E-state index in [1.54, 1.807) is 7.05 Å². The first-order chi connectivity index (χ1) is 13.6. The Kier molecular flexibility index (Phi) is 5.03.